The molecule has 7 aromatic carbocycles. The molecule has 5 N–H and O–H groups in total. The first-order chi connectivity index (χ1) is 45.4. The second-order valence-electron chi connectivity index (χ2n) is 22.6. The van der Waals surface area contributed by atoms with Crippen molar-refractivity contribution >= 4 is 105 Å². The summed E-state index contributed by atoms with van der Waals surface area (Å²) in [6.45, 7) is -1.82. The quantitative estimate of drug-likeness (QED) is 0.0254. The number of amides is 4. The predicted molar refractivity (Wildman–Crippen MR) is 357 cm³/mol. The lowest BCUT2D eigenvalue weighted by atomic mass is 9.98. The minimum absolute atomic E-state index is 0.0341. The third kappa shape index (κ3) is 21.7. The van der Waals surface area contributed by atoms with Crippen LogP contribution in [0.4, 0.5) is 17.6 Å². The Kier molecular flexibility index (Phi) is 25.6. The zero-order valence-corrected chi connectivity index (χ0v) is 53.9. The highest BCUT2D eigenvalue weighted by Crippen LogP contribution is 2.34. The summed E-state index contributed by atoms with van der Waals surface area (Å²) in [6.07, 6.45) is -0.247. The Morgan fingerprint density at radius 2 is 0.853 bits per heavy atom. The second-order valence-corrected chi connectivity index (χ2v) is 24.2. The molecule has 0 unspecified atom stereocenters. The van der Waals surface area contributed by atoms with Gasteiger partial charge in [-0.05, 0) is 113 Å². The van der Waals surface area contributed by atoms with Crippen LogP contribution in [0.25, 0.3) is 22.3 Å². The van der Waals surface area contributed by atoms with E-state index >= 15 is 0 Å². The van der Waals surface area contributed by atoms with E-state index in [1.165, 1.54) is 0 Å². The second kappa shape index (κ2) is 33.9. The first kappa shape index (κ1) is 71.8. The van der Waals surface area contributed by atoms with Crippen molar-refractivity contribution in [2.45, 2.75) is 94.7 Å². The lowest BCUT2D eigenvalue weighted by Gasteiger charge is -2.20. The number of benzene rings is 7. The van der Waals surface area contributed by atoms with Gasteiger partial charge in [0, 0.05) is 61.1 Å². The van der Waals surface area contributed by atoms with Gasteiger partial charge in [0.15, 0.2) is 11.6 Å². The summed E-state index contributed by atoms with van der Waals surface area (Å²) in [5, 5.41) is 19.9. The van der Waals surface area contributed by atoms with Gasteiger partial charge in [0.2, 0.25) is 0 Å². The summed E-state index contributed by atoms with van der Waals surface area (Å²) in [5.41, 5.74) is 6.97. The predicted octanol–water partition coefficient (Wildman–Crippen LogP) is 13.7. The summed E-state index contributed by atoms with van der Waals surface area (Å²) in [5.74, 6) is -11.1. The number of rotatable bonds is 26. The van der Waals surface area contributed by atoms with Crippen LogP contribution in [0.5, 0.6) is 0 Å². The Morgan fingerprint density at radius 1 is 0.474 bits per heavy atom. The number of carbonyl (C=O) groups excluding carboxylic acids is 7. The van der Waals surface area contributed by atoms with Crippen LogP contribution in [0.1, 0.15) is 109 Å². The lowest BCUT2D eigenvalue weighted by molar-refractivity contribution is -0.147. The van der Waals surface area contributed by atoms with Crippen LogP contribution in [0.15, 0.2) is 174 Å². The zero-order valence-electron chi connectivity index (χ0n) is 50.9. The van der Waals surface area contributed by atoms with Crippen molar-refractivity contribution in [3.05, 3.63) is 223 Å². The fourth-order valence-corrected chi connectivity index (χ4v) is 11.5. The molecule has 2 aliphatic heterocycles. The minimum atomic E-state index is -2.79. The van der Waals surface area contributed by atoms with Crippen molar-refractivity contribution in [2.75, 3.05) is 26.2 Å². The maximum atomic E-state index is 13.5. The van der Waals surface area contributed by atoms with Crippen LogP contribution >= 0.6 is 46.4 Å². The number of alkyl halides is 4. The number of Topliss-reactive ketones (excluding diaryl/α,β-unsaturated/α-hetero) is 2. The molecule has 494 valence electrons. The number of ether oxygens (including phenoxy) is 1. The van der Waals surface area contributed by atoms with Crippen LogP contribution in [-0.4, -0.2) is 114 Å². The Morgan fingerprint density at radius 3 is 1.24 bits per heavy atom. The Balaban J connectivity index is 0.000000246. The smallest absolute Gasteiger partial charge is 0.328 e. The molecule has 2 heterocycles. The topological polar surface area (TPSA) is 239 Å². The van der Waals surface area contributed by atoms with Crippen molar-refractivity contribution in [3.8, 4) is 22.3 Å². The molecule has 24 heteroatoms. The van der Waals surface area contributed by atoms with Crippen molar-refractivity contribution in [3.63, 3.8) is 0 Å². The van der Waals surface area contributed by atoms with E-state index in [9.17, 15) is 61.0 Å². The highest BCUT2D eigenvalue weighted by Gasteiger charge is 2.34. The Hall–Kier alpha value is -9.08. The highest BCUT2D eigenvalue weighted by atomic mass is 35.5. The average molecular weight is 1380 g/mol. The van der Waals surface area contributed by atoms with Gasteiger partial charge < -0.3 is 31.1 Å². The minimum Gasteiger partial charge on any atom is -0.480 e. The van der Waals surface area contributed by atoms with Crippen LogP contribution in [0.2, 0.25) is 20.1 Å². The number of aliphatic carboxylic acids is 1. The Labute approximate surface area is 564 Å². The summed E-state index contributed by atoms with van der Waals surface area (Å²) in [4.78, 5) is 110. The van der Waals surface area contributed by atoms with E-state index in [0.717, 1.165) is 27.8 Å². The number of esters is 1. The number of carbonyl (C=O) groups is 8. The van der Waals surface area contributed by atoms with Crippen molar-refractivity contribution in [1.82, 2.24) is 21.3 Å². The highest BCUT2D eigenvalue weighted by molar-refractivity contribution is 6.41. The SMILES string of the molecule is O=C(CC[C@H](NC(=O)c1c(Cl)cc(-c2ccccc2)cc1Cl)C(=O)O)CNC(=O)c1cccc(CC2=NCC(F)(F)CC2)c1.O=C(CC[C@H](NC(=O)c1c(Cl)cc(-c2ccccc2)cc1Cl)C(=O)OCc1ccccc1)CNC(=O)c1cccc(CC2=NCC(F)(F)CC2)c1. The number of nitrogens with zero attached hydrogens (tertiary/aromatic N) is 2. The molecule has 9 rings (SSSR count). The molecule has 0 saturated heterocycles. The van der Waals surface area contributed by atoms with E-state index < -0.39 is 84.2 Å². The van der Waals surface area contributed by atoms with Crippen LogP contribution < -0.4 is 21.3 Å². The Bertz CT molecular complexity index is 3990. The van der Waals surface area contributed by atoms with Gasteiger partial charge in [-0.1, -0.05) is 162 Å². The molecule has 0 radical (unpaired) electrons. The van der Waals surface area contributed by atoms with E-state index in [1.54, 1.807) is 97.1 Å². The molecule has 7 aromatic rings. The van der Waals surface area contributed by atoms with E-state index in [-0.39, 0.29) is 108 Å². The summed E-state index contributed by atoms with van der Waals surface area (Å²) in [7, 11) is 0. The van der Waals surface area contributed by atoms with Gasteiger partial charge in [-0.2, -0.15) is 0 Å². The van der Waals surface area contributed by atoms with E-state index in [2.05, 4.69) is 31.3 Å². The van der Waals surface area contributed by atoms with Crippen molar-refractivity contribution in [2.24, 2.45) is 9.98 Å². The fraction of sp³-hybridized carbons (Fsp3) is 0.268. The van der Waals surface area contributed by atoms with Crippen molar-refractivity contribution in [1.29, 1.82) is 0 Å². The van der Waals surface area contributed by atoms with E-state index in [1.807, 2.05) is 66.7 Å². The number of halogens is 8. The normalized spacial score (nSPS) is 14.4. The van der Waals surface area contributed by atoms with Crippen LogP contribution in [-0.2, 0) is 43.4 Å². The largest absolute Gasteiger partial charge is 0.480 e. The molecule has 2 atom stereocenters. The molecule has 0 spiro atoms. The molecule has 0 aromatic heterocycles. The molecule has 4 amide bonds. The summed E-state index contributed by atoms with van der Waals surface area (Å²) < 4.78 is 59.1. The number of ketones is 2. The number of hydrogen-bond donors (Lipinski definition) is 5. The third-order valence-electron chi connectivity index (χ3n) is 15.3. The first-order valence-electron chi connectivity index (χ1n) is 30.1. The molecule has 2 aliphatic rings. The summed E-state index contributed by atoms with van der Waals surface area (Å²) in [6, 6.07) is 44.4. The van der Waals surface area contributed by atoms with E-state index in [4.69, 9.17) is 51.1 Å². The number of carboxylic acid groups (broad SMARTS) is 1. The first-order valence-corrected chi connectivity index (χ1v) is 31.6. The molecular weight excluding hydrogens is 1310 g/mol. The zero-order chi connectivity index (χ0) is 68.2. The molecular formula is C71H64Cl4F4N6O10. The molecule has 0 saturated carbocycles. The number of carboxylic acids is 1. The van der Waals surface area contributed by atoms with E-state index in [0.29, 0.717) is 41.0 Å². The number of nitrogens with one attached hydrogen (secondary N) is 4. The third-order valence-corrected chi connectivity index (χ3v) is 16.5. The maximum Gasteiger partial charge on any atom is 0.328 e. The van der Waals surface area contributed by atoms with Gasteiger partial charge in [-0.25, -0.2) is 27.2 Å². The maximum absolute atomic E-state index is 13.5. The average Bonchev–Trinajstić information content (AvgIpc) is 0.840. The van der Waals surface area contributed by atoms with Crippen LogP contribution in [0, 0.1) is 0 Å². The fourth-order valence-electron chi connectivity index (χ4n) is 10.2. The molecule has 16 nitrogen and oxygen atoms in total. The summed E-state index contributed by atoms with van der Waals surface area (Å²) >= 11 is 25.7. The van der Waals surface area contributed by atoms with Gasteiger partial charge in [0.25, 0.3) is 35.5 Å². The van der Waals surface area contributed by atoms with Crippen molar-refractivity contribution < 1.29 is 65.8 Å². The van der Waals surface area contributed by atoms with Gasteiger partial charge in [-0.3, -0.25) is 38.8 Å². The van der Waals surface area contributed by atoms with Gasteiger partial charge in [0.05, 0.1) is 44.3 Å². The number of aliphatic imine (C=N–C) groups is 2. The molecule has 0 fully saturated rings. The van der Waals surface area contributed by atoms with Crippen LogP contribution in [0.3, 0.4) is 0 Å². The molecule has 0 aliphatic carbocycles. The molecule has 0 bridgehead atoms. The lowest BCUT2D eigenvalue weighted by Crippen LogP contribution is -2.42. The number of hydrogen-bond acceptors (Lipinski definition) is 11. The standard InChI is InChI=1S/C39H35Cl2F2N3O5.C32H29Cl2F2N3O5/c40-32-20-29(27-11-5-2-6-12-27)21-33(41)35(32)37(49)46-34(38(50)51-23-25-8-3-1-4-9-25)15-14-31(47)22-44-36(48)28-13-7-10-26(18-28)19-30-16-17-39(42,43)24-45-30;33-25-15-22(20-6-2-1-3-7-20)16-26(34)28(25)30(42)39-27(31(43)44)10-9-24(40)17-37-29(41)21-8-4-5-19(13-21)14-23-11-12-32(35,36)18-38-23/h1-13,18,20-21,34H,14-17,19,22-24H2,(H,44,48)(H,46,49);1-8,13,15-16,27H,9-12,14,17-18H2,(H,37,41)(H,39,42)(H,43,44)/t34-;27-/m00/s1. The molecule has 95 heavy (non-hydrogen) atoms. The van der Waals surface area contributed by atoms with Gasteiger partial charge >= 0.3 is 11.9 Å². The monoisotopic (exact) mass is 1380 g/mol. The van der Waals surface area contributed by atoms with Gasteiger partial charge in [0.1, 0.15) is 31.8 Å². The van der Waals surface area contributed by atoms with Gasteiger partial charge in [-0.15, -0.1) is 0 Å².